The van der Waals surface area contributed by atoms with E-state index in [2.05, 4.69) is 15.3 Å². The van der Waals surface area contributed by atoms with Crippen molar-refractivity contribution < 1.29 is 9.90 Å². The molecule has 1 aliphatic carbocycles. The van der Waals surface area contributed by atoms with Crippen LogP contribution in [-0.2, 0) is 11.2 Å². The Bertz CT molecular complexity index is 636. The van der Waals surface area contributed by atoms with Gasteiger partial charge in [-0.3, -0.25) is 9.78 Å². The van der Waals surface area contributed by atoms with Crippen molar-refractivity contribution in [2.45, 2.75) is 37.6 Å². The standard InChI is InChI=1S/C16H19N3O2S/c20-11-16(6-2-3-7-16)19-14(21)9-12-10-22-15(18-12)13-5-1-4-8-17-13/h1,4-5,8,10,20H,2-3,6-7,9,11H2,(H,19,21). The number of nitrogens with one attached hydrogen (secondary N) is 1. The summed E-state index contributed by atoms with van der Waals surface area (Å²) in [5.41, 5.74) is 1.15. The zero-order valence-corrected chi connectivity index (χ0v) is 13.1. The molecule has 6 heteroatoms. The van der Waals surface area contributed by atoms with Crippen molar-refractivity contribution in [3.05, 3.63) is 35.5 Å². The Morgan fingerprint density at radius 1 is 1.36 bits per heavy atom. The average molecular weight is 317 g/mol. The minimum atomic E-state index is -0.420. The maximum absolute atomic E-state index is 12.2. The van der Waals surface area contributed by atoms with Crippen LogP contribution in [0.5, 0.6) is 0 Å². The Balaban J connectivity index is 1.64. The summed E-state index contributed by atoms with van der Waals surface area (Å²) in [6.45, 7) is 0.00892. The molecule has 2 aromatic heterocycles. The largest absolute Gasteiger partial charge is 0.394 e. The molecule has 1 saturated carbocycles. The fourth-order valence-electron chi connectivity index (χ4n) is 2.87. The highest BCUT2D eigenvalue weighted by Gasteiger charge is 2.34. The first-order valence-electron chi connectivity index (χ1n) is 7.48. The maximum Gasteiger partial charge on any atom is 0.226 e. The second kappa shape index (κ2) is 6.54. The fraction of sp³-hybridized carbons (Fsp3) is 0.438. The van der Waals surface area contributed by atoms with Crippen LogP contribution in [0.2, 0.25) is 0 Å². The Morgan fingerprint density at radius 3 is 2.86 bits per heavy atom. The third-order valence-corrected chi connectivity index (χ3v) is 4.96. The lowest BCUT2D eigenvalue weighted by atomic mass is 9.98. The lowest BCUT2D eigenvalue weighted by molar-refractivity contribution is -0.123. The highest BCUT2D eigenvalue weighted by molar-refractivity contribution is 7.13. The van der Waals surface area contributed by atoms with Crippen molar-refractivity contribution in [2.24, 2.45) is 0 Å². The van der Waals surface area contributed by atoms with Gasteiger partial charge in [-0.2, -0.15) is 0 Å². The average Bonchev–Trinajstić information content (AvgIpc) is 3.18. The minimum Gasteiger partial charge on any atom is -0.394 e. The normalized spacial score (nSPS) is 16.6. The van der Waals surface area contributed by atoms with E-state index in [9.17, 15) is 9.90 Å². The zero-order chi connectivity index (χ0) is 15.4. The van der Waals surface area contributed by atoms with E-state index in [1.807, 2.05) is 23.6 Å². The number of thiazole rings is 1. The first-order valence-corrected chi connectivity index (χ1v) is 8.36. The molecule has 2 N–H and O–H groups in total. The molecule has 0 radical (unpaired) electrons. The Morgan fingerprint density at radius 2 is 2.18 bits per heavy atom. The number of aliphatic hydroxyl groups excluding tert-OH is 1. The van der Waals surface area contributed by atoms with Crippen LogP contribution in [0.4, 0.5) is 0 Å². The number of pyridine rings is 1. The summed E-state index contributed by atoms with van der Waals surface area (Å²) < 4.78 is 0. The SMILES string of the molecule is O=C(Cc1csc(-c2ccccn2)n1)NC1(CO)CCCC1. The van der Waals surface area contributed by atoms with Crippen molar-refractivity contribution in [1.82, 2.24) is 15.3 Å². The summed E-state index contributed by atoms with van der Waals surface area (Å²) in [5.74, 6) is -0.0752. The lowest BCUT2D eigenvalue weighted by Gasteiger charge is -2.27. The molecule has 3 rings (SSSR count). The van der Waals surface area contributed by atoms with Gasteiger partial charge < -0.3 is 10.4 Å². The highest BCUT2D eigenvalue weighted by atomic mass is 32.1. The summed E-state index contributed by atoms with van der Waals surface area (Å²) in [6, 6.07) is 5.69. The van der Waals surface area contributed by atoms with Crippen LogP contribution < -0.4 is 5.32 Å². The number of nitrogens with zero attached hydrogens (tertiary/aromatic N) is 2. The van der Waals surface area contributed by atoms with Gasteiger partial charge in [0, 0.05) is 11.6 Å². The highest BCUT2D eigenvalue weighted by Crippen LogP contribution is 2.29. The molecule has 2 aromatic rings. The molecule has 1 fully saturated rings. The van der Waals surface area contributed by atoms with Gasteiger partial charge in [0.1, 0.15) is 5.01 Å². The van der Waals surface area contributed by atoms with E-state index in [4.69, 9.17) is 0 Å². The molecule has 22 heavy (non-hydrogen) atoms. The number of carbonyl (C=O) groups excluding carboxylic acids is 1. The number of aromatic nitrogens is 2. The molecule has 0 atom stereocenters. The summed E-state index contributed by atoms with van der Waals surface area (Å²) in [7, 11) is 0. The molecule has 0 bridgehead atoms. The lowest BCUT2D eigenvalue weighted by Crippen LogP contribution is -2.49. The molecule has 1 aliphatic rings. The van der Waals surface area contributed by atoms with Crippen molar-refractivity contribution in [3.8, 4) is 10.7 Å². The Kier molecular flexibility index (Phi) is 4.49. The number of aliphatic hydroxyl groups is 1. The minimum absolute atomic E-state index is 0.00892. The van der Waals surface area contributed by atoms with Gasteiger partial charge in [0.2, 0.25) is 5.91 Å². The van der Waals surface area contributed by atoms with Gasteiger partial charge in [-0.05, 0) is 25.0 Å². The number of hydrogen-bond acceptors (Lipinski definition) is 5. The fourth-order valence-corrected chi connectivity index (χ4v) is 3.67. The second-order valence-corrected chi connectivity index (χ2v) is 6.59. The monoisotopic (exact) mass is 317 g/mol. The van der Waals surface area contributed by atoms with E-state index in [0.29, 0.717) is 0 Å². The van der Waals surface area contributed by atoms with Gasteiger partial charge in [-0.15, -0.1) is 11.3 Å². The molecule has 0 unspecified atom stereocenters. The van der Waals surface area contributed by atoms with Gasteiger partial charge >= 0.3 is 0 Å². The van der Waals surface area contributed by atoms with Crippen LogP contribution in [0.15, 0.2) is 29.8 Å². The first-order chi connectivity index (χ1) is 10.7. The van der Waals surface area contributed by atoms with Crippen molar-refractivity contribution in [3.63, 3.8) is 0 Å². The molecular formula is C16H19N3O2S. The number of rotatable bonds is 5. The number of hydrogen-bond donors (Lipinski definition) is 2. The summed E-state index contributed by atoms with van der Waals surface area (Å²) in [5, 5.41) is 15.3. The summed E-state index contributed by atoms with van der Waals surface area (Å²) in [6.07, 6.45) is 5.79. The predicted molar refractivity (Wildman–Crippen MR) is 85.5 cm³/mol. The van der Waals surface area contributed by atoms with E-state index in [1.54, 1.807) is 6.20 Å². The van der Waals surface area contributed by atoms with Crippen LogP contribution in [0.1, 0.15) is 31.4 Å². The van der Waals surface area contributed by atoms with Crippen molar-refractivity contribution >= 4 is 17.2 Å². The summed E-state index contributed by atoms with van der Waals surface area (Å²) >= 11 is 1.49. The quantitative estimate of drug-likeness (QED) is 0.886. The molecule has 0 saturated heterocycles. The molecule has 5 nitrogen and oxygen atoms in total. The van der Waals surface area contributed by atoms with E-state index in [-0.39, 0.29) is 18.9 Å². The molecule has 1 amide bonds. The van der Waals surface area contributed by atoms with Crippen LogP contribution >= 0.6 is 11.3 Å². The molecule has 2 heterocycles. The van der Waals surface area contributed by atoms with Crippen LogP contribution in [-0.4, -0.2) is 33.1 Å². The molecule has 0 aliphatic heterocycles. The van der Waals surface area contributed by atoms with Gasteiger partial charge in [0.25, 0.3) is 0 Å². The predicted octanol–water partition coefficient (Wildman–Crippen LogP) is 2.17. The smallest absolute Gasteiger partial charge is 0.226 e. The van der Waals surface area contributed by atoms with E-state index >= 15 is 0 Å². The summed E-state index contributed by atoms with van der Waals surface area (Å²) in [4.78, 5) is 20.9. The number of amides is 1. The molecular weight excluding hydrogens is 298 g/mol. The second-order valence-electron chi connectivity index (χ2n) is 5.73. The van der Waals surface area contributed by atoms with Gasteiger partial charge in [-0.1, -0.05) is 18.9 Å². The molecule has 0 spiro atoms. The van der Waals surface area contributed by atoms with E-state index in [0.717, 1.165) is 42.1 Å². The van der Waals surface area contributed by atoms with Crippen LogP contribution in [0.3, 0.4) is 0 Å². The molecule has 116 valence electrons. The zero-order valence-electron chi connectivity index (χ0n) is 12.3. The Labute approximate surface area is 133 Å². The molecule has 0 aromatic carbocycles. The van der Waals surface area contributed by atoms with E-state index in [1.165, 1.54) is 11.3 Å². The maximum atomic E-state index is 12.2. The van der Waals surface area contributed by atoms with Gasteiger partial charge in [-0.25, -0.2) is 4.98 Å². The topological polar surface area (TPSA) is 75.1 Å². The van der Waals surface area contributed by atoms with Crippen molar-refractivity contribution in [2.75, 3.05) is 6.61 Å². The van der Waals surface area contributed by atoms with Gasteiger partial charge in [0.05, 0.1) is 30.0 Å². The van der Waals surface area contributed by atoms with Crippen LogP contribution in [0, 0.1) is 0 Å². The van der Waals surface area contributed by atoms with Crippen LogP contribution in [0.25, 0.3) is 10.7 Å². The third-order valence-electron chi connectivity index (χ3n) is 4.05. The number of carbonyl (C=O) groups is 1. The van der Waals surface area contributed by atoms with E-state index < -0.39 is 5.54 Å². The Hall–Kier alpha value is -1.79. The van der Waals surface area contributed by atoms with Gasteiger partial charge in [0.15, 0.2) is 0 Å². The third kappa shape index (κ3) is 3.34. The van der Waals surface area contributed by atoms with Crippen molar-refractivity contribution in [1.29, 1.82) is 0 Å². The first kappa shape index (κ1) is 15.1.